The number of aliphatic carboxylic acids is 2. The lowest BCUT2D eigenvalue weighted by Crippen LogP contribution is -2.37. The molecule has 2 N–H and O–H groups in total. The van der Waals surface area contributed by atoms with Crippen LogP contribution in [0.15, 0.2) is 48.8 Å². The fraction of sp³-hybridized carbons (Fsp3) is 0.333. The highest BCUT2D eigenvalue weighted by atomic mass is 32.1. The van der Waals surface area contributed by atoms with E-state index >= 15 is 0 Å². The number of carbonyl (C=O) groups is 2. The predicted octanol–water partition coefficient (Wildman–Crippen LogP) is 6.87. The van der Waals surface area contributed by atoms with Gasteiger partial charge in [0.2, 0.25) is 0 Å². The third-order valence-electron chi connectivity index (χ3n) is 8.65. The first-order valence-corrected chi connectivity index (χ1v) is 18.6. The first-order valence-electron chi connectivity index (χ1n) is 16.1. The first-order chi connectivity index (χ1) is 23.7. The van der Waals surface area contributed by atoms with Crippen molar-refractivity contribution < 1.29 is 29.3 Å². The van der Waals surface area contributed by atoms with Crippen LogP contribution in [-0.2, 0) is 31.9 Å². The highest BCUT2D eigenvalue weighted by Crippen LogP contribution is 2.47. The van der Waals surface area contributed by atoms with E-state index in [1.165, 1.54) is 0 Å². The average molecular weight is 717 g/mol. The second-order valence-electron chi connectivity index (χ2n) is 12.2. The Hall–Kier alpha value is -4.14. The number of aryl methyl sites for hydroxylation is 2. The molecule has 7 rings (SSSR count). The zero-order valence-corrected chi connectivity index (χ0v) is 29.7. The van der Waals surface area contributed by atoms with Gasteiger partial charge in [0.05, 0.1) is 39.3 Å². The van der Waals surface area contributed by atoms with Gasteiger partial charge in [-0.25, -0.2) is 9.97 Å². The Bertz CT molecular complexity index is 1860. The minimum absolute atomic E-state index is 0.0997. The second-order valence-corrected chi connectivity index (χ2v) is 15.4. The van der Waals surface area contributed by atoms with Crippen LogP contribution >= 0.6 is 34.0 Å². The lowest BCUT2D eigenvalue weighted by atomic mass is 10.1. The summed E-state index contributed by atoms with van der Waals surface area (Å²) < 4.78 is 11.0. The molecule has 5 aromatic rings. The van der Waals surface area contributed by atoms with Crippen LogP contribution in [0.25, 0.3) is 40.4 Å². The van der Waals surface area contributed by atoms with Crippen LogP contribution < -0.4 is 9.80 Å². The smallest absolute Gasteiger partial charge is 0.307 e. The number of nitrogens with zero attached hydrogens (tertiary/aromatic N) is 4. The van der Waals surface area contributed by atoms with Crippen LogP contribution in [0.1, 0.15) is 22.3 Å². The highest BCUT2D eigenvalue weighted by Gasteiger charge is 2.22. The number of carboxylic acid groups (broad SMARTS) is 2. The van der Waals surface area contributed by atoms with Gasteiger partial charge in [-0.05, 0) is 72.5 Å². The van der Waals surface area contributed by atoms with Crippen molar-refractivity contribution in [3.63, 3.8) is 0 Å². The number of pyridine rings is 2. The van der Waals surface area contributed by atoms with Crippen molar-refractivity contribution in [3.05, 3.63) is 71.0 Å². The summed E-state index contributed by atoms with van der Waals surface area (Å²) in [5, 5.41) is 19.6. The molecule has 0 bridgehead atoms. The van der Waals surface area contributed by atoms with E-state index in [9.17, 15) is 19.8 Å². The maximum absolute atomic E-state index is 11.9. The maximum Gasteiger partial charge on any atom is 0.307 e. The summed E-state index contributed by atoms with van der Waals surface area (Å²) in [6, 6.07) is 12.2. The largest absolute Gasteiger partial charge is 0.481 e. The Labute approximate surface area is 296 Å². The molecular weight excluding hydrogens is 681 g/mol. The fourth-order valence-electron chi connectivity index (χ4n) is 6.35. The third-order valence-corrected chi connectivity index (χ3v) is 12.5. The normalized spacial score (nSPS) is 15.1. The molecule has 10 nitrogen and oxygen atoms in total. The van der Waals surface area contributed by atoms with Crippen molar-refractivity contribution in [1.29, 1.82) is 0 Å². The van der Waals surface area contributed by atoms with Crippen molar-refractivity contribution in [3.8, 4) is 40.4 Å². The molecule has 0 saturated carbocycles. The van der Waals surface area contributed by atoms with Crippen molar-refractivity contribution in [2.75, 3.05) is 62.4 Å². The molecule has 49 heavy (non-hydrogen) atoms. The number of thiophene rings is 3. The molecule has 0 atom stereocenters. The number of rotatable bonds is 10. The molecule has 254 valence electrons. The minimum Gasteiger partial charge on any atom is -0.481 e. The van der Waals surface area contributed by atoms with Gasteiger partial charge in [0.15, 0.2) is 0 Å². The van der Waals surface area contributed by atoms with Gasteiger partial charge in [-0.2, -0.15) is 0 Å². The molecule has 0 amide bonds. The first kappa shape index (κ1) is 33.4. The van der Waals surface area contributed by atoms with Gasteiger partial charge in [0.1, 0.15) is 11.6 Å². The Kier molecular flexibility index (Phi) is 9.79. The van der Waals surface area contributed by atoms with Crippen LogP contribution in [0.2, 0.25) is 0 Å². The Morgan fingerprint density at radius 3 is 1.43 bits per heavy atom. The van der Waals surface area contributed by atoms with Gasteiger partial charge >= 0.3 is 11.9 Å². The Balaban J connectivity index is 1.20. The average Bonchev–Trinajstić information content (AvgIpc) is 3.84. The van der Waals surface area contributed by atoms with E-state index in [-0.39, 0.29) is 12.8 Å². The van der Waals surface area contributed by atoms with E-state index in [2.05, 4.69) is 35.8 Å². The lowest BCUT2D eigenvalue weighted by Gasteiger charge is -2.29. The van der Waals surface area contributed by atoms with Gasteiger partial charge in [0.25, 0.3) is 0 Å². The number of carboxylic acids is 2. The number of ether oxygens (including phenoxy) is 2. The lowest BCUT2D eigenvalue weighted by molar-refractivity contribution is -0.137. The predicted molar refractivity (Wildman–Crippen MR) is 196 cm³/mol. The van der Waals surface area contributed by atoms with Crippen LogP contribution in [0.5, 0.6) is 0 Å². The summed E-state index contributed by atoms with van der Waals surface area (Å²) in [4.78, 5) is 43.5. The number of hydrogen-bond donors (Lipinski definition) is 2. The van der Waals surface area contributed by atoms with E-state index < -0.39 is 11.9 Å². The summed E-state index contributed by atoms with van der Waals surface area (Å²) in [7, 11) is 0. The van der Waals surface area contributed by atoms with Crippen molar-refractivity contribution in [2.24, 2.45) is 0 Å². The molecule has 2 aliphatic rings. The van der Waals surface area contributed by atoms with Gasteiger partial charge in [-0.15, -0.1) is 34.0 Å². The van der Waals surface area contributed by atoms with Gasteiger partial charge < -0.3 is 29.5 Å². The van der Waals surface area contributed by atoms with E-state index in [1.54, 1.807) is 34.0 Å². The standard InChI is InChI=1S/C36H36N4O6S3/c1-21-13-25(19-37-35(21)39-5-9-45-10-6-39)29-15-23(17-31(41)42)33(48-29)27-3-4-28(47-27)34-24(18-32(43)44)16-30(49-34)26-14-22(2)36(38-20-26)40-7-11-46-12-8-40/h3-4,13-16,19-20H,5-12,17-18H2,1-2H3,(H,41,42)(H,43,44). The summed E-state index contributed by atoms with van der Waals surface area (Å²) in [5.74, 6) is 0.108. The van der Waals surface area contributed by atoms with Crippen LogP contribution in [-0.4, -0.2) is 84.7 Å². The van der Waals surface area contributed by atoms with E-state index in [1.807, 2.05) is 36.7 Å². The molecule has 0 aliphatic carbocycles. The zero-order valence-electron chi connectivity index (χ0n) is 27.2. The molecule has 2 saturated heterocycles. The Morgan fingerprint density at radius 2 is 1.06 bits per heavy atom. The quantitative estimate of drug-likeness (QED) is 0.158. The number of aromatic nitrogens is 2. The van der Waals surface area contributed by atoms with Crippen LogP contribution in [0.3, 0.4) is 0 Å². The summed E-state index contributed by atoms with van der Waals surface area (Å²) in [6.07, 6.45) is 3.54. The second kappa shape index (κ2) is 14.4. The van der Waals surface area contributed by atoms with Crippen molar-refractivity contribution >= 4 is 57.6 Å². The number of hydrogen-bond acceptors (Lipinski definition) is 11. The summed E-state index contributed by atoms with van der Waals surface area (Å²) in [6.45, 7) is 10.1. The zero-order chi connectivity index (χ0) is 34.1. The molecule has 5 aromatic heterocycles. The molecular formula is C36H36N4O6S3. The van der Waals surface area contributed by atoms with Gasteiger partial charge in [0, 0.05) is 79.0 Å². The molecule has 7 heterocycles. The number of morpholine rings is 2. The Morgan fingerprint density at radius 1 is 0.653 bits per heavy atom. The molecule has 0 spiro atoms. The minimum atomic E-state index is -0.894. The van der Waals surface area contributed by atoms with Crippen LogP contribution in [0, 0.1) is 13.8 Å². The number of anilines is 2. The van der Waals surface area contributed by atoms with Crippen molar-refractivity contribution in [1.82, 2.24) is 9.97 Å². The van der Waals surface area contributed by atoms with E-state index in [0.29, 0.717) is 26.4 Å². The molecule has 0 aromatic carbocycles. The summed E-state index contributed by atoms with van der Waals surface area (Å²) >= 11 is 4.68. The molecule has 0 unspecified atom stereocenters. The third kappa shape index (κ3) is 7.26. The van der Waals surface area contributed by atoms with Crippen molar-refractivity contribution in [2.45, 2.75) is 26.7 Å². The van der Waals surface area contributed by atoms with E-state index in [0.717, 1.165) is 100 Å². The summed E-state index contributed by atoms with van der Waals surface area (Å²) in [5.41, 5.74) is 5.51. The molecule has 2 fully saturated rings. The SMILES string of the molecule is Cc1cc(-c2cc(CC(=O)O)c(-c3ccc(-c4sc(-c5cnc(N6CCOCC6)c(C)c5)cc4CC(=O)O)s3)s2)cnc1N1CCOCC1. The van der Waals surface area contributed by atoms with Crippen LogP contribution in [0.4, 0.5) is 11.6 Å². The maximum atomic E-state index is 11.9. The van der Waals surface area contributed by atoms with E-state index in [4.69, 9.17) is 19.4 Å². The van der Waals surface area contributed by atoms with Gasteiger partial charge in [-0.1, -0.05) is 0 Å². The fourth-order valence-corrected chi connectivity index (χ4v) is 9.97. The topological polar surface area (TPSA) is 125 Å². The monoisotopic (exact) mass is 716 g/mol. The highest BCUT2D eigenvalue weighted by molar-refractivity contribution is 7.28. The molecule has 2 aliphatic heterocycles. The molecule has 0 radical (unpaired) electrons. The van der Waals surface area contributed by atoms with Gasteiger partial charge in [-0.3, -0.25) is 9.59 Å². The molecule has 13 heteroatoms.